The van der Waals surface area contributed by atoms with E-state index in [0.29, 0.717) is 24.7 Å². The lowest BCUT2D eigenvalue weighted by atomic mass is 10.2. The summed E-state index contributed by atoms with van der Waals surface area (Å²) >= 11 is 1.27. The van der Waals surface area contributed by atoms with Gasteiger partial charge in [0.25, 0.3) is 5.56 Å². The van der Waals surface area contributed by atoms with Gasteiger partial charge in [-0.1, -0.05) is 18.7 Å². The fraction of sp³-hybridized carbons (Fsp3) is 0.600. The molecule has 30 heavy (non-hydrogen) atoms. The van der Waals surface area contributed by atoms with Crippen LogP contribution in [-0.2, 0) is 24.9 Å². The monoisotopic (exact) mass is 435 g/mol. The average molecular weight is 436 g/mol. The summed E-state index contributed by atoms with van der Waals surface area (Å²) in [7, 11) is 1.36. The number of nitrogens with zero attached hydrogens (tertiary/aromatic N) is 4. The maximum Gasteiger partial charge on any atom is 0.332 e. The van der Waals surface area contributed by atoms with Crippen molar-refractivity contribution in [2.75, 3.05) is 18.1 Å². The molecule has 2 aromatic rings. The number of Topliss-reactive ketones (excluding diaryl/α,β-unsaturated/α-hetero) is 1. The predicted molar refractivity (Wildman–Crippen MR) is 116 cm³/mol. The molecule has 0 amide bonds. The van der Waals surface area contributed by atoms with Crippen LogP contribution in [0, 0.1) is 13.8 Å². The molecule has 3 rings (SSSR count). The third-order valence-electron chi connectivity index (χ3n) is 5.47. The van der Waals surface area contributed by atoms with Crippen LogP contribution in [0.4, 0.5) is 5.82 Å². The average Bonchev–Trinajstić information content (AvgIpc) is 3.32. The molecule has 0 aromatic carbocycles. The largest absolute Gasteiger partial charge is 0.384 e. The minimum absolute atomic E-state index is 0.00514. The summed E-state index contributed by atoms with van der Waals surface area (Å²) in [5, 5.41) is 0.714. The fourth-order valence-electron chi connectivity index (χ4n) is 3.63. The van der Waals surface area contributed by atoms with Crippen LogP contribution >= 0.6 is 11.8 Å². The Kier molecular flexibility index (Phi) is 6.87. The Hall–Kier alpha value is -2.33. The number of hydrogen-bond donors (Lipinski definition) is 1. The van der Waals surface area contributed by atoms with Crippen LogP contribution in [0.25, 0.3) is 0 Å². The number of aryl methyl sites for hydroxylation is 1. The Morgan fingerprint density at radius 2 is 2.03 bits per heavy atom. The maximum absolute atomic E-state index is 12.9. The number of imidazole rings is 1. The molecule has 1 aliphatic rings. The number of ether oxygens (including phenoxy) is 1. The van der Waals surface area contributed by atoms with E-state index >= 15 is 0 Å². The number of anilines is 1. The highest BCUT2D eigenvalue weighted by Crippen LogP contribution is 2.25. The normalized spacial score (nSPS) is 16.3. The van der Waals surface area contributed by atoms with E-state index in [2.05, 4.69) is 9.55 Å². The number of nitrogens with two attached hydrogens (primary N) is 1. The predicted octanol–water partition coefficient (Wildman–Crippen LogP) is 1.51. The zero-order valence-electron chi connectivity index (χ0n) is 17.9. The molecule has 0 unspecified atom stereocenters. The van der Waals surface area contributed by atoms with Crippen molar-refractivity contribution in [2.45, 2.75) is 64.4 Å². The van der Waals surface area contributed by atoms with Crippen molar-refractivity contribution in [3.05, 3.63) is 37.8 Å². The van der Waals surface area contributed by atoms with E-state index < -0.39 is 17.0 Å². The van der Waals surface area contributed by atoms with Gasteiger partial charge < -0.3 is 15.0 Å². The molecule has 0 bridgehead atoms. The van der Waals surface area contributed by atoms with Crippen molar-refractivity contribution < 1.29 is 9.53 Å². The second-order valence-electron chi connectivity index (χ2n) is 7.58. The first-order valence-electron chi connectivity index (χ1n) is 10.2. The summed E-state index contributed by atoms with van der Waals surface area (Å²) in [6.07, 6.45) is 2.86. The minimum Gasteiger partial charge on any atom is -0.384 e. The second-order valence-corrected chi connectivity index (χ2v) is 8.52. The topological polar surface area (TPSA) is 114 Å². The summed E-state index contributed by atoms with van der Waals surface area (Å²) in [6, 6.07) is 0. The summed E-state index contributed by atoms with van der Waals surface area (Å²) in [4.78, 5) is 42.4. The number of aromatic nitrogens is 4. The molecule has 0 spiro atoms. The van der Waals surface area contributed by atoms with Gasteiger partial charge in [-0.05, 0) is 33.1 Å². The van der Waals surface area contributed by atoms with Crippen LogP contribution in [0.15, 0.2) is 14.7 Å². The second kappa shape index (κ2) is 9.22. The van der Waals surface area contributed by atoms with Crippen molar-refractivity contribution >= 4 is 23.4 Å². The molecule has 0 radical (unpaired) electrons. The van der Waals surface area contributed by atoms with E-state index in [1.165, 1.54) is 23.4 Å². The number of ketones is 1. The smallest absolute Gasteiger partial charge is 0.332 e. The first-order chi connectivity index (χ1) is 14.3. The third kappa shape index (κ3) is 4.24. The van der Waals surface area contributed by atoms with Gasteiger partial charge in [-0.2, -0.15) is 0 Å². The molecule has 2 aromatic heterocycles. The Balaban J connectivity index is 1.85. The molecular weight excluding hydrogens is 406 g/mol. The highest BCUT2D eigenvalue weighted by Gasteiger charge is 2.24. The molecule has 164 valence electrons. The van der Waals surface area contributed by atoms with Crippen LogP contribution in [0.3, 0.4) is 0 Å². The maximum atomic E-state index is 12.9. The molecule has 0 aliphatic carbocycles. The highest BCUT2D eigenvalue weighted by molar-refractivity contribution is 7.99. The van der Waals surface area contributed by atoms with E-state index in [-0.39, 0.29) is 23.2 Å². The van der Waals surface area contributed by atoms with Crippen molar-refractivity contribution in [1.82, 2.24) is 18.7 Å². The van der Waals surface area contributed by atoms with Crippen LogP contribution in [0.2, 0.25) is 0 Å². The van der Waals surface area contributed by atoms with Gasteiger partial charge in [-0.3, -0.25) is 18.7 Å². The molecule has 3 heterocycles. The van der Waals surface area contributed by atoms with Crippen LogP contribution in [-0.4, -0.2) is 42.9 Å². The molecule has 1 fully saturated rings. The number of carbonyl (C=O) groups is 1. The number of carbonyl (C=O) groups excluding carboxylic acids is 1. The van der Waals surface area contributed by atoms with Crippen molar-refractivity contribution in [3.8, 4) is 0 Å². The first-order valence-corrected chi connectivity index (χ1v) is 11.1. The molecule has 1 aliphatic heterocycles. The van der Waals surface area contributed by atoms with Gasteiger partial charge in [0.05, 0.1) is 24.1 Å². The summed E-state index contributed by atoms with van der Waals surface area (Å²) in [5.41, 5.74) is 6.68. The van der Waals surface area contributed by atoms with Gasteiger partial charge in [0.1, 0.15) is 11.4 Å². The Labute approximate surface area is 179 Å². The van der Waals surface area contributed by atoms with Gasteiger partial charge in [0, 0.05) is 25.9 Å². The van der Waals surface area contributed by atoms with Crippen LogP contribution in [0.5, 0.6) is 0 Å². The molecule has 1 atom stereocenters. The Morgan fingerprint density at radius 1 is 1.30 bits per heavy atom. The van der Waals surface area contributed by atoms with Gasteiger partial charge >= 0.3 is 5.69 Å². The van der Waals surface area contributed by atoms with E-state index in [9.17, 15) is 14.4 Å². The van der Waals surface area contributed by atoms with E-state index in [4.69, 9.17) is 10.5 Å². The summed E-state index contributed by atoms with van der Waals surface area (Å²) in [5.74, 6) is -0.471. The van der Waals surface area contributed by atoms with E-state index in [1.807, 2.05) is 20.8 Å². The number of hydrogen-bond acceptors (Lipinski definition) is 7. The standard InChI is InChI=1S/C20H29N5O4S/c1-5-8-24-17(21)16(18(27)23(4)20(24)28)15(26)11-30-19-22-12(2)13(3)25(19)10-14-7-6-9-29-14/h14H,5-11,21H2,1-4H3/t14-/m0/s1. The van der Waals surface area contributed by atoms with E-state index in [1.54, 1.807) is 0 Å². The van der Waals surface area contributed by atoms with Gasteiger partial charge in [0.2, 0.25) is 0 Å². The quantitative estimate of drug-likeness (QED) is 0.494. The molecule has 2 N–H and O–H groups in total. The Morgan fingerprint density at radius 3 is 2.67 bits per heavy atom. The van der Waals surface area contributed by atoms with Crippen molar-refractivity contribution in [3.63, 3.8) is 0 Å². The third-order valence-corrected chi connectivity index (χ3v) is 6.45. The Bertz CT molecular complexity index is 1060. The highest BCUT2D eigenvalue weighted by atomic mass is 32.2. The van der Waals surface area contributed by atoms with Gasteiger partial charge in [-0.15, -0.1) is 0 Å². The number of rotatable bonds is 8. The van der Waals surface area contributed by atoms with Gasteiger partial charge in [0.15, 0.2) is 10.9 Å². The lowest BCUT2D eigenvalue weighted by Gasteiger charge is -2.15. The minimum atomic E-state index is -0.662. The van der Waals surface area contributed by atoms with E-state index in [0.717, 1.165) is 35.4 Å². The van der Waals surface area contributed by atoms with Crippen LogP contribution < -0.4 is 17.0 Å². The lowest BCUT2D eigenvalue weighted by molar-refractivity contribution is 0.0945. The fourth-order valence-corrected chi connectivity index (χ4v) is 4.60. The molecule has 1 saturated heterocycles. The SMILES string of the molecule is CCCn1c(N)c(C(=O)CSc2nc(C)c(C)n2C[C@@H]2CCCO2)c(=O)n(C)c1=O. The molecule has 10 heteroatoms. The molecule has 9 nitrogen and oxygen atoms in total. The van der Waals surface area contributed by atoms with Crippen LogP contribution in [0.1, 0.15) is 47.9 Å². The van der Waals surface area contributed by atoms with Gasteiger partial charge in [-0.25, -0.2) is 9.78 Å². The zero-order valence-corrected chi connectivity index (χ0v) is 18.8. The number of thioether (sulfide) groups is 1. The lowest BCUT2D eigenvalue weighted by Crippen LogP contribution is -2.42. The summed E-state index contributed by atoms with van der Waals surface area (Å²) < 4.78 is 10.0. The molecule has 0 saturated carbocycles. The van der Waals surface area contributed by atoms with Crippen molar-refractivity contribution in [2.24, 2.45) is 7.05 Å². The number of nitrogen functional groups attached to an aromatic ring is 1. The molecular formula is C20H29N5O4S. The zero-order chi connectivity index (χ0) is 22.0. The summed E-state index contributed by atoms with van der Waals surface area (Å²) in [6.45, 7) is 7.63. The first kappa shape index (κ1) is 22.4. The van der Waals surface area contributed by atoms with Crippen molar-refractivity contribution in [1.29, 1.82) is 0 Å².